The Balaban J connectivity index is 1.53. The van der Waals surface area contributed by atoms with E-state index in [-0.39, 0.29) is 0 Å². The number of nitrogens with zero attached hydrogens (tertiary/aromatic N) is 1. The van der Waals surface area contributed by atoms with Gasteiger partial charge in [0.25, 0.3) is 0 Å². The van der Waals surface area contributed by atoms with E-state index in [0.29, 0.717) is 22.9 Å². The van der Waals surface area contributed by atoms with Gasteiger partial charge < -0.3 is 10.2 Å². The summed E-state index contributed by atoms with van der Waals surface area (Å²) in [4.78, 5) is 2.52. The average Bonchev–Trinajstić information content (AvgIpc) is 2.83. The number of benzene rings is 1. The molecule has 0 bridgehead atoms. The van der Waals surface area contributed by atoms with Crippen LogP contribution in [0.1, 0.15) is 40.5 Å². The molecule has 0 aromatic heterocycles. The van der Waals surface area contributed by atoms with E-state index < -0.39 is 0 Å². The zero-order valence-corrected chi connectivity index (χ0v) is 13.3. The molecule has 3 rings (SSSR count). The van der Waals surface area contributed by atoms with Crippen LogP contribution >= 0.6 is 0 Å². The van der Waals surface area contributed by atoms with Crippen molar-refractivity contribution >= 4 is 5.69 Å². The second-order valence-corrected chi connectivity index (χ2v) is 7.64. The third-order valence-electron chi connectivity index (χ3n) is 6.04. The molecule has 1 N–H and O–H groups in total. The van der Waals surface area contributed by atoms with Crippen LogP contribution in [0.2, 0.25) is 0 Å². The summed E-state index contributed by atoms with van der Waals surface area (Å²) >= 11 is 0. The first-order valence-electron chi connectivity index (χ1n) is 7.99. The summed E-state index contributed by atoms with van der Waals surface area (Å²) in [6, 6.07) is 12.2. The van der Waals surface area contributed by atoms with Crippen LogP contribution in [0.25, 0.3) is 0 Å². The molecule has 0 radical (unpaired) electrons. The van der Waals surface area contributed by atoms with Gasteiger partial charge in [-0.15, -0.1) is 0 Å². The van der Waals surface area contributed by atoms with Crippen molar-refractivity contribution in [3.63, 3.8) is 0 Å². The van der Waals surface area contributed by atoms with Crippen LogP contribution in [-0.2, 0) is 0 Å². The van der Waals surface area contributed by atoms with Gasteiger partial charge in [-0.25, -0.2) is 0 Å². The Hall–Kier alpha value is -1.02. The largest absolute Gasteiger partial charge is 0.371 e. The standard InChI is InChI=1S/C18H28N2/c1-17(2)16(18(17,3)4)19-14-10-12-20(13-11-14)15-8-6-5-7-9-15/h5-9,14,16,19H,10-13H2,1-4H3. The lowest BCUT2D eigenvalue weighted by molar-refractivity contribution is 0.386. The normalized spacial score (nSPS) is 25.7. The maximum Gasteiger partial charge on any atom is 0.0366 e. The highest BCUT2D eigenvalue weighted by Gasteiger charge is 2.64. The van der Waals surface area contributed by atoms with Crippen LogP contribution in [0.4, 0.5) is 5.69 Å². The molecule has 2 nitrogen and oxygen atoms in total. The van der Waals surface area contributed by atoms with E-state index in [2.05, 4.69) is 68.2 Å². The highest BCUT2D eigenvalue weighted by molar-refractivity contribution is 5.46. The predicted molar refractivity (Wildman–Crippen MR) is 86.2 cm³/mol. The van der Waals surface area contributed by atoms with Crippen molar-refractivity contribution in [2.75, 3.05) is 18.0 Å². The molecule has 2 aliphatic rings. The predicted octanol–water partition coefficient (Wildman–Crippen LogP) is 3.68. The van der Waals surface area contributed by atoms with E-state index in [1.165, 1.54) is 31.6 Å². The molecule has 0 amide bonds. The number of piperidine rings is 1. The van der Waals surface area contributed by atoms with Crippen molar-refractivity contribution in [3.05, 3.63) is 30.3 Å². The lowest BCUT2D eigenvalue weighted by atomic mass is 10.0. The lowest BCUT2D eigenvalue weighted by Gasteiger charge is -2.34. The molecule has 20 heavy (non-hydrogen) atoms. The van der Waals surface area contributed by atoms with Gasteiger partial charge in [-0.05, 0) is 35.8 Å². The van der Waals surface area contributed by atoms with Gasteiger partial charge in [-0.2, -0.15) is 0 Å². The third kappa shape index (κ3) is 2.24. The summed E-state index contributed by atoms with van der Waals surface area (Å²) in [6.45, 7) is 11.9. The molecule has 1 aliphatic heterocycles. The molecule has 0 atom stereocenters. The zero-order chi connectivity index (χ0) is 14.4. The van der Waals surface area contributed by atoms with E-state index in [1.807, 2.05) is 0 Å². The highest BCUT2D eigenvalue weighted by atomic mass is 15.2. The average molecular weight is 272 g/mol. The van der Waals surface area contributed by atoms with Crippen LogP contribution < -0.4 is 10.2 Å². The molecule has 1 aliphatic carbocycles. The first-order valence-corrected chi connectivity index (χ1v) is 7.99. The van der Waals surface area contributed by atoms with Gasteiger partial charge in [0.05, 0.1) is 0 Å². The first-order chi connectivity index (χ1) is 9.43. The van der Waals surface area contributed by atoms with Gasteiger partial charge in [0.1, 0.15) is 0 Å². The van der Waals surface area contributed by atoms with Crippen molar-refractivity contribution in [2.24, 2.45) is 10.8 Å². The van der Waals surface area contributed by atoms with Crippen LogP contribution in [0.3, 0.4) is 0 Å². The summed E-state index contributed by atoms with van der Waals surface area (Å²) < 4.78 is 0. The minimum atomic E-state index is 0.448. The molecule has 1 aromatic rings. The van der Waals surface area contributed by atoms with Crippen molar-refractivity contribution < 1.29 is 0 Å². The number of anilines is 1. The minimum absolute atomic E-state index is 0.448. The SMILES string of the molecule is CC1(C)C(NC2CCN(c3ccccc3)CC2)C1(C)C. The first kappa shape index (κ1) is 13.9. The van der Waals surface area contributed by atoms with E-state index >= 15 is 0 Å². The van der Waals surface area contributed by atoms with E-state index in [9.17, 15) is 0 Å². The Morgan fingerprint density at radius 3 is 2.00 bits per heavy atom. The molecule has 0 unspecified atom stereocenters. The number of rotatable bonds is 3. The van der Waals surface area contributed by atoms with Gasteiger partial charge in [0.15, 0.2) is 0 Å². The number of para-hydroxylation sites is 1. The quantitative estimate of drug-likeness (QED) is 0.903. The lowest BCUT2D eigenvalue weighted by Crippen LogP contribution is -2.44. The van der Waals surface area contributed by atoms with Crippen molar-refractivity contribution in [1.82, 2.24) is 5.32 Å². The van der Waals surface area contributed by atoms with Crippen LogP contribution in [0.15, 0.2) is 30.3 Å². The molecule has 1 aromatic carbocycles. The fraction of sp³-hybridized carbons (Fsp3) is 0.667. The second-order valence-electron chi connectivity index (χ2n) is 7.64. The molecular weight excluding hydrogens is 244 g/mol. The summed E-state index contributed by atoms with van der Waals surface area (Å²) in [6.07, 6.45) is 2.52. The van der Waals surface area contributed by atoms with Gasteiger partial charge in [-0.3, -0.25) is 0 Å². The molecular formula is C18H28N2. The molecule has 1 saturated carbocycles. The van der Waals surface area contributed by atoms with Crippen molar-refractivity contribution in [3.8, 4) is 0 Å². The Morgan fingerprint density at radius 2 is 1.50 bits per heavy atom. The van der Waals surface area contributed by atoms with Gasteiger partial charge in [0, 0.05) is 30.9 Å². The maximum atomic E-state index is 3.92. The van der Waals surface area contributed by atoms with Crippen molar-refractivity contribution in [2.45, 2.75) is 52.6 Å². The van der Waals surface area contributed by atoms with E-state index in [4.69, 9.17) is 0 Å². The van der Waals surface area contributed by atoms with E-state index in [0.717, 1.165) is 0 Å². The zero-order valence-electron chi connectivity index (χ0n) is 13.3. The molecule has 1 heterocycles. The van der Waals surface area contributed by atoms with Crippen LogP contribution in [0.5, 0.6) is 0 Å². The number of hydrogen-bond donors (Lipinski definition) is 1. The second kappa shape index (κ2) is 4.77. The minimum Gasteiger partial charge on any atom is -0.371 e. The monoisotopic (exact) mass is 272 g/mol. The fourth-order valence-corrected chi connectivity index (χ4v) is 3.79. The Bertz CT molecular complexity index is 442. The summed E-state index contributed by atoms with van der Waals surface area (Å²) in [5, 5.41) is 3.92. The van der Waals surface area contributed by atoms with Crippen LogP contribution in [-0.4, -0.2) is 25.2 Å². The summed E-state index contributed by atoms with van der Waals surface area (Å²) in [5.74, 6) is 0. The molecule has 0 spiro atoms. The molecule has 2 fully saturated rings. The van der Waals surface area contributed by atoms with E-state index in [1.54, 1.807) is 0 Å². The van der Waals surface area contributed by atoms with Gasteiger partial charge in [-0.1, -0.05) is 45.9 Å². The number of nitrogens with one attached hydrogen (secondary N) is 1. The molecule has 2 heteroatoms. The molecule has 1 saturated heterocycles. The summed E-state index contributed by atoms with van der Waals surface area (Å²) in [5.41, 5.74) is 2.27. The van der Waals surface area contributed by atoms with Crippen molar-refractivity contribution in [1.29, 1.82) is 0 Å². The Morgan fingerprint density at radius 1 is 0.950 bits per heavy atom. The van der Waals surface area contributed by atoms with Crippen LogP contribution in [0, 0.1) is 10.8 Å². The van der Waals surface area contributed by atoms with Gasteiger partial charge in [0.2, 0.25) is 0 Å². The Kier molecular flexibility index (Phi) is 3.32. The molecule has 110 valence electrons. The summed E-state index contributed by atoms with van der Waals surface area (Å²) in [7, 11) is 0. The van der Waals surface area contributed by atoms with Gasteiger partial charge >= 0.3 is 0 Å². The maximum absolute atomic E-state index is 3.92. The number of hydrogen-bond acceptors (Lipinski definition) is 2. The smallest absolute Gasteiger partial charge is 0.0366 e. The third-order valence-corrected chi connectivity index (χ3v) is 6.04. The topological polar surface area (TPSA) is 15.3 Å². The highest BCUT2D eigenvalue weighted by Crippen LogP contribution is 2.62. The fourth-order valence-electron chi connectivity index (χ4n) is 3.79. The Labute approximate surface area is 123 Å².